The van der Waals surface area contributed by atoms with Crippen molar-refractivity contribution in [3.05, 3.63) is 83.7 Å². The van der Waals surface area contributed by atoms with E-state index in [1.807, 2.05) is 23.2 Å². The number of hydrogen-bond donors (Lipinski definition) is 0. The van der Waals surface area contributed by atoms with Crippen LogP contribution in [0.5, 0.6) is 0 Å². The van der Waals surface area contributed by atoms with E-state index < -0.39 is 0 Å². The number of nitrogens with zero attached hydrogens (tertiary/aromatic N) is 4. The fourth-order valence-electron chi connectivity index (χ4n) is 3.26. The number of amides is 1. The number of imidazole rings is 1. The molecule has 126 valence electrons. The average Bonchev–Trinajstić information content (AvgIpc) is 2.96. The van der Waals surface area contributed by atoms with E-state index in [-0.39, 0.29) is 11.8 Å². The topological polar surface area (TPSA) is 51.0 Å². The largest absolute Gasteiger partial charge is 0.337 e. The van der Waals surface area contributed by atoms with E-state index in [1.54, 1.807) is 18.5 Å². The molecule has 0 saturated carbocycles. The van der Waals surface area contributed by atoms with Gasteiger partial charge in [-0.15, -0.1) is 0 Å². The summed E-state index contributed by atoms with van der Waals surface area (Å²) in [5, 5.41) is 0. The summed E-state index contributed by atoms with van der Waals surface area (Å²) >= 11 is 0. The maximum Gasteiger partial charge on any atom is 0.255 e. The molecule has 3 heterocycles. The summed E-state index contributed by atoms with van der Waals surface area (Å²) in [5.41, 5.74) is 3.05. The number of benzene rings is 1. The number of hydrogen-bond acceptors (Lipinski definition) is 3. The van der Waals surface area contributed by atoms with Gasteiger partial charge < -0.3 is 9.47 Å². The zero-order chi connectivity index (χ0) is 17.2. The smallest absolute Gasteiger partial charge is 0.255 e. The van der Waals surface area contributed by atoms with Crippen LogP contribution >= 0.6 is 0 Å². The molecule has 0 atom stereocenters. The number of aromatic nitrogens is 3. The van der Waals surface area contributed by atoms with E-state index in [9.17, 15) is 4.79 Å². The highest BCUT2D eigenvalue weighted by atomic mass is 16.2. The van der Waals surface area contributed by atoms with Crippen LogP contribution in [0.2, 0.25) is 0 Å². The van der Waals surface area contributed by atoms with Gasteiger partial charge in [-0.05, 0) is 24.6 Å². The third-order valence-corrected chi connectivity index (χ3v) is 4.71. The number of aryl methyl sites for hydroxylation is 1. The molecule has 1 aliphatic heterocycles. The summed E-state index contributed by atoms with van der Waals surface area (Å²) in [6, 6.07) is 14.0. The summed E-state index contributed by atoms with van der Waals surface area (Å²) in [7, 11) is 0. The van der Waals surface area contributed by atoms with Crippen molar-refractivity contribution in [1.29, 1.82) is 0 Å². The van der Waals surface area contributed by atoms with Crippen LogP contribution in [-0.2, 0) is 6.54 Å². The molecule has 0 unspecified atom stereocenters. The van der Waals surface area contributed by atoms with Gasteiger partial charge in [0.15, 0.2) is 0 Å². The highest BCUT2D eigenvalue weighted by Crippen LogP contribution is 2.28. The SMILES string of the molecule is Cc1cnc(C2CN(C(=O)c3cccnc3)C2)n1Cc1ccccc1. The molecule has 0 N–H and O–H groups in total. The van der Waals surface area contributed by atoms with Gasteiger partial charge in [-0.3, -0.25) is 9.78 Å². The van der Waals surface area contributed by atoms with Crippen molar-refractivity contribution in [3.8, 4) is 0 Å². The van der Waals surface area contributed by atoms with Gasteiger partial charge in [-0.25, -0.2) is 4.98 Å². The molecule has 1 saturated heterocycles. The molecule has 1 aliphatic rings. The molecule has 1 aromatic carbocycles. The molecule has 4 rings (SSSR count). The standard InChI is InChI=1S/C20H20N4O/c1-15-10-22-19(24(15)12-16-6-3-2-4-7-16)18-13-23(14-18)20(25)17-8-5-9-21-11-17/h2-11,18H,12-14H2,1H3. The van der Waals surface area contributed by atoms with Gasteiger partial charge in [0.1, 0.15) is 5.82 Å². The quantitative estimate of drug-likeness (QED) is 0.738. The molecule has 0 aliphatic carbocycles. The predicted octanol–water partition coefficient (Wildman–Crippen LogP) is 2.87. The number of carbonyl (C=O) groups is 1. The molecule has 1 fully saturated rings. The normalized spacial score (nSPS) is 14.4. The van der Waals surface area contributed by atoms with Crippen molar-refractivity contribution in [2.45, 2.75) is 19.4 Å². The first kappa shape index (κ1) is 15.6. The number of carbonyl (C=O) groups excluding carboxylic acids is 1. The van der Waals surface area contributed by atoms with Crippen LogP contribution in [0, 0.1) is 6.92 Å². The number of rotatable bonds is 4. The van der Waals surface area contributed by atoms with Crippen molar-refractivity contribution in [1.82, 2.24) is 19.4 Å². The van der Waals surface area contributed by atoms with Crippen LogP contribution in [0.25, 0.3) is 0 Å². The Morgan fingerprint density at radius 2 is 1.92 bits per heavy atom. The van der Waals surface area contributed by atoms with Crippen molar-refractivity contribution in [2.75, 3.05) is 13.1 Å². The average molecular weight is 332 g/mol. The highest BCUT2D eigenvalue weighted by molar-refractivity contribution is 5.94. The molecule has 5 heteroatoms. The monoisotopic (exact) mass is 332 g/mol. The minimum atomic E-state index is 0.0437. The van der Waals surface area contributed by atoms with Crippen molar-refractivity contribution in [2.24, 2.45) is 0 Å². The number of likely N-dealkylation sites (tertiary alicyclic amines) is 1. The second-order valence-corrected chi connectivity index (χ2v) is 6.48. The highest BCUT2D eigenvalue weighted by Gasteiger charge is 2.35. The fourth-order valence-corrected chi connectivity index (χ4v) is 3.26. The molecular weight excluding hydrogens is 312 g/mol. The van der Waals surface area contributed by atoms with Crippen LogP contribution in [0.15, 0.2) is 61.1 Å². The summed E-state index contributed by atoms with van der Waals surface area (Å²) in [4.78, 5) is 22.9. The Labute approximate surface area is 147 Å². The summed E-state index contributed by atoms with van der Waals surface area (Å²) in [5.74, 6) is 1.40. The first-order chi connectivity index (χ1) is 12.2. The first-order valence-electron chi connectivity index (χ1n) is 8.47. The van der Waals surface area contributed by atoms with Crippen LogP contribution in [0.1, 0.15) is 33.4 Å². The Morgan fingerprint density at radius 1 is 1.12 bits per heavy atom. The van der Waals surface area contributed by atoms with Gasteiger partial charge in [0.25, 0.3) is 5.91 Å². The zero-order valence-corrected chi connectivity index (χ0v) is 14.2. The molecule has 5 nitrogen and oxygen atoms in total. The zero-order valence-electron chi connectivity index (χ0n) is 14.2. The van der Waals surface area contributed by atoms with Gasteiger partial charge in [0.05, 0.1) is 11.5 Å². The van der Waals surface area contributed by atoms with Gasteiger partial charge in [-0.1, -0.05) is 30.3 Å². The van der Waals surface area contributed by atoms with E-state index in [0.717, 1.165) is 18.1 Å². The minimum Gasteiger partial charge on any atom is -0.337 e. The Balaban J connectivity index is 1.47. The lowest BCUT2D eigenvalue weighted by atomic mass is 9.98. The summed E-state index contributed by atoms with van der Waals surface area (Å²) < 4.78 is 2.26. The molecule has 2 aromatic heterocycles. The van der Waals surface area contributed by atoms with E-state index >= 15 is 0 Å². The lowest BCUT2D eigenvalue weighted by Crippen LogP contribution is -2.49. The molecule has 25 heavy (non-hydrogen) atoms. The van der Waals surface area contributed by atoms with Gasteiger partial charge in [-0.2, -0.15) is 0 Å². The van der Waals surface area contributed by atoms with Crippen molar-refractivity contribution in [3.63, 3.8) is 0 Å². The first-order valence-corrected chi connectivity index (χ1v) is 8.47. The molecule has 0 bridgehead atoms. The summed E-state index contributed by atoms with van der Waals surface area (Å²) in [6.07, 6.45) is 5.22. The maximum atomic E-state index is 12.4. The Kier molecular flexibility index (Phi) is 4.06. The Morgan fingerprint density at radius 3 is 2.64 bits per heavy atom. The van der Waals surface area contributed by atoms with Gasteiger partial charge in [0, 0.05) is 43.9 Å². The minimum absolute atomic E-state index is 0.0437. The molecular formula is C20H20N4O. The van der Waals surface area contributed by atoms with Crippen LogP contribution in [0.3, 0.4) is 0 Å². The van der Waals surface area contributed by atoms with E-state index in [1.165, 1.54) is 5.56 Å². The lowest BCUT2D eigenvalue weighted by Gasteiger charge is -2.39. The van der Waals surface area contributed by atoms with Crippen molar-refractivity contribution >= 4 is 5.91 Å². The maximum absolute atomic E-state index is 12.4. The van der Waals surface area contributed by atoms with E-state index in [0.29, 0.717) is 18.7 Å². The predicted molar refractivity (Wildman–Crippen MR) is 95.4 cm³/mol. The Hall–Kier alpha value is -2.95. The van der Waals surface area contributed by atoms with Crippen LogP contribution in [0.4, 0.5) is 0 Å². The fraction of sp³-hybridized carbons (Fsp3) is 0.250. The van der Waals surface area contributed by atoms with Crippen LogP contribution < -0.4 is 0 Å². The molecule has 0 spiro atoms. The van der Waals surface area contributed by atoms with Crippen molar-refractivity contribution < 1.29 is 4.79 Å². The Bertz CT molecular complexity index is 867. The molecule has 3 aromatic rings. The molecule has 0 radical (unpaired) electrons. The van der Waals surface area contributed by atoms with Gasteiger partial charge >= 0.3 is 0 Å². The van der Waals surface area contributed by atoms with E-state index in [4.69, 9.17) is 0 Å². The van der Waals surface area contributed by atoms with Crippen LogP contribution in [-0.4, -0.2) is 38.4 Å². The second-order valence-electron chi connectivity index (χ2n) is 6.48. The van der Waals surface area contributed by atoms with Gasteiger partial charge in [0.2, 0.25) is 0 Å². The third-order valence-electron chi connectivity index (χ3n) is 4.71. The summed E-state index contributed by atoms with van der Waals surface area (Å²) in [6.45, 7) is 4.31. The number of pyridine rings is 1. The lowest BCUT2D eigenvalue weighted by molar-refractivity contribution is 0.0591. The second kappa shape index (κ2) is 6.51. The third kappa shape index (κ3) is 3.05. The molecule has 1 amide bonds. The van der Waals surface area contributed by atoms with E-state index in [2.05, 4.69) is 45.7 Å².